The second-order valence-electron chi connectivity index (χ2n) is 13.8. The minimum atomic E-state index is -0.241. The van der Waals surface area contributed by atoms with Crippen LogP contribution in [0.5, 0.6) is 0 Å². The minimum absolute atomic E-state index is 0.0168. The highest BCUT2D eigenvalue weighted by molar-refractivity contribution is 6.02. The summed E-state index contributed by atoms with van der Waals surface area (Å²) < 4.78 is 2.18. The minimum Gasteiger partial charge on any atom is -0.513 e. The van der Waals surface area contributed by atoms with E-state index in [1.165, 1.54) is 11.8 Å². The van der Waals surface area contributed by atoms with Crippen LogP contribution in [0.2, 0.25) is 0 Å². The number of nitrogens with one attached hydrogen (secondary N) is 2. The lowest BCUT2D eigenvalue weighted by molar-refractivity contribution is -0.118. The molecule has 2 aromatic heterocycles. The van der Waals surface area contributed by atoms with Gasteiger partial charge in [0.1, 0.15) is 17.8 Å². The summed E-state index contributed by atoms with van der Waals surface area (Å²) in [6.45, 7) is 4.47. The Morgan fingerprint density at radius 3 is 2.63 bits per heavy atom. The fourth-order valence-electron chi connectivity index (χ4n) is 7.31. The first kappa shape index (κ1) is 34.0. The SMILES string of the molecule is CCC1c2c(cnn2C2CN(Cc3cccc(C(=O)NC4C=CCCC4)n3)C2)-c2cccc(NC(=C/C(N)=NC(=O)C3CC3)/C(N)=C\O)c2N1C. The first-order valence-corrected chi connectivity index (χ1v) is 17.8. The molecule has 1 saturated heterocycles. The number of para-hydroxylation sites is 1. The maximum atomic E-state index is 12.9. The van der Waals surface area contributed by atoms with Gasteiger partial charge in [0.05, 0.1) is 52.4 Å². The Labute approximate surface area is 297 Å². The second-order valence-corrected chi connectivity index (χ2v) is 13.8. The fourth-order valence-corrected chi connectivity index (χ4v) is 7.31. The molecule has 4 aliphatic rings. The molecule has 2 amide bonds. The monoisotopic (exact) mass is 690 g/mol. The van der Waals surface area contributed by atoms with E-state index in [0.717, 1.165) is 86.1 Å². The molecule has 3 aromatic rings. The number of amidine groups is 1. The molecule has 13 heteroatoms. The molecule has 7 N–H and O–H groups in total. The molecule has 1 aromatic carbocycles. The molecule has 2 atom stereocenters. The maximum Gasteiger partial charge on any atom is 0.270 e. The number of allylic oxidation sites excluding steroid dienone is 1. The highest BCUT2D eigenvalue weighted by Crippen LogP contribution is 2.49. The Morgan fingerprint density at radius 2 is 1.90 bits per heavy atom. The standard InChI is InChI=1S/C38H46N10O3/c1-3-33-36-28(27-12-8-13-30(35(27)46(33)2)44-32(29(39)22-49)17-34(40)45-37(50)23-15-16-23)18-41-48(36)26-20-47(21-26)19-25-11-7-14-31(42-25)38(51)43-24-9-5-4-6-10-24/h5,7-9,11-14,17-18,22-24,26,33,44,49H,3-4,6,10,15-16,19-21,39H2,1-2H3,(H,43,51)(H2,40,45,50)/b29-22+,32-17+. The van der Waals surface area contributed by atoms with Crippen LogP contribution in [0.4, 0.5) is 11.4 Å². The van der Waals surface area contributed by atoms with Crippen molar-refractivity contribution in [3.05, 3.63) is 95.6 Å². The fraction of sp³-hybridized carbons (Fsp3) is 0.395. The molecule has 2 aliphatic carbocycles. The van der Waals surface area contributed by atoms with Crippen molar-refractivity contribution in [3.8, 4) is 11.1 Å². The van der Waals surface area contributed by atoms with Gasteiger partial charge in [-0.25, -0.2) is 4.98 Å². The Balaban J connectivity index is 1.08. The molecule has 13 nitrogen and oxygen atoms in total. The van der Waals surface area contributed by atoms with Gasteiger partial charge >= 0.3 is 0 Å². The van der Waals surface area contributed by atoms with Crippen molar-refractivity contribution in [2.75, 3.05) is 30.4 Å². The number of likely N-dealkylation sites (tertiary alicyclic amines) is 1. The largest absolute Gasteiger partial charge is 0.513 e. The van der Waals surface area contributed by atoms with E-state index >= 15 is 0 Å². The lowest BCUT2D eigenvalue weighted by Gasteiger charge is -2.43. The number of carbonyl (C=O) groups excluding carboxylic acids is 2. The average molecular weight is 691 g/mol. The lowest BCUT2D eigenvalue weighted by Crippen LogP contribution is -2.48. The summed E-state index contributed by atoms with van der Waals surface area (Å²) in [7, 11) is 2.07. The zero-order chi connectivity index (χ0) is 35.6. The van der Waals surface area contributed by atoms with Crippen molar-refractivity contribution < 1.29 is 14.7 Å². The van der Waals surface area contributed by atoms with Crippen LogP contribution in [0.3, 0.4) is 0 Å². The van der Waals surface area contributed by atoms with E-state index in [0.29, 0.717) is 17.9 Å². The zero-order valence-electron chi connectivity index (χ0n) is 29.1. The molecule has 4 heterocycles. The summed E-state index contributed by atoms with van der Waals surface area (Å²) in [6, 6.07) is 12.0. The molecule has 2 unspecified atom stereocenters. The number of aliphatic imine (C=N–C) groups is 1. The van der Waals surface area contributed by atoms with Crippen LogP contribution in [0.1, 0.15) is 79.4 Å². The zero-order valence-corrected chi connectivity index (χ0v) is 29.1. The van der Waals surface area contributed by atoms with Gasteiger partial charge in [0.25, 0.3) is 11.8 Å². The molecule has 7 rings (SSSR count). The number of carbonyl (C=O) groups is 2. The molecule has 0 bridgehead atoms. The summed E-state index contributed by atoms with van der Waals surface area (Å²) in [5, 5.41) is 21.2. The number of pyridine rings is 1. The highest BCUT2D eigenvalue weighted by atomic mass is 16.2. The van der Waals surface area contributed by atoms with Crippen molar-refractivity contribution in [3.63, 3.8) is 0 Å². The smallest absolute Gasteiger partial charge is 0.270 e. The van der Waals surface area contributed by atoms with Crippen molar-refractivity contribution >= 4 is 29.0 Å². The van der Waals surface area contributed by atoms with Gasteiger partial charge in [-0.05, 0) is 56.7 Å². The van der Waals surface area contributed by atoms with Crippen LogP contribution in [-0.2, 0) is 11.3 Å². The number of anilines is 2. The molecule has 0 radical (unpaired) electrons. The molecule has 2 aliphatic heterocycles. The van der Waals surface area contributed by atoms with Gasteiger partial charge in [-0.2, -0.15) is 10.1 Å². The number of aromatic nitrogens is 3. The molecular weight excluding hydrogens is 644 g/mol. The van der Waals surface area contributed by atoms with Gasteiger partial charge in [0.2, 0.25) is 0 Å². The maximum absolute atomic E-state index is 12.9. The second kappa shape index (κ2) is 14.4. The van der Waals surface area contributed by atoms with Crippen molar-refractivity contribution in [1.29, 1.82) is 0 Å². The predicted octanol–water partition coefficient (Wildman–Crippen LogP) is 4.69. The summed E-state index contributed by atoms with van der Waals surface area (Å²) in [5.41, 5.74) is 19.0. The third-order valence-corrected chi connectivity index (χ3v) is 10.1. The number of hydrogen-bond acceptors (Lipinski definition) is 9. The van der Waals surface area contributed by atoms with Crippen LogP contribution < -0.4 is 27.0 Å². The number of benzene rings is 1. The number of aliphatic hydroxyl groups is 1. The summed E-state index contributed by atoms with van der Waals surface area (Å²) in [4.78, 5) is 38.4. The number of nitrogens with two attached hydrogens (primary N) is 2. The number of rotatable bonds is 11. The van der Waals surface area contributed by atoms with Gasteiger partial charge in [-0.3, -0.25) is 19.2 Å². The van der Waals surface area contributed by atoms with Crippen LogP contribution in [-0.4, -0.2) is 68.6 Å². The summed E-state index contributed by atoms with van der Waals surface area (Å²) in [5.74, 6) is -0.418. The Kier molecular flexibility index (Phi) is 9.63. The molecule has 2 fully saturated rings. The number of aliphatic hydroxyl groups excluding tert-OH is 1. The van der Waals surface area contributed by atoms with E-state index in [1.54, 1.807) is 6.07 Å². The Bertz CT molecular complexity index is 1930. The Morgan fingerprint density at radius 1 is 1.10 bits per heavy atom. The van der Waals surface area contributed by atoms with E-state index in [4.69, 9.17) is 21.5 Å². The quantitative estimate of drug-likeness (QED) is 0.0623. The van der Waals surface area contributed by atoms with E-state index in [1.807, 2.05) is 30.5 Å². The van der Waals surface area contributed by atoms with Gasteiger partial charge < -0.3 is 32.1 Å². The van der Waals surface area contributed by atoms with E-state index in [9.17, 15) is 14.7 Å². The van der Waals surface area contributed by atoms with Gasteiger partial charge in [-0.1, -0.05) is 37.3 Å². The van der Waals surface area contributed by atoms with Crippen molar-refractivity contribution in [2.24, 2.45) is 22.4 Å². The average Bonchev–Trinajstić information content (AvgIpc) is 3.89. The first-order valence-electron chi connectivity index (χ1n) is 17.8. The third-order valence-electron chi connectivity index (χ3n) is 10.1. The number of amides is 2. The van der Waals surface area contributed by atoms with E-state index < -0.39 is 0 Å². The number of hydrogen-bond donors (Lipinski definition) is 5. The van der Waals surface area contributed by atoms with Gasteiger partial charge in [0.15, 0.2) is 0 Å². The molecule has 0 spiro atoms. The van der Waals surface area contributed by atoms with Crippen molar-refractivity contribution in [2.45, 2.75) is 70.1 Å². The molecule has 266 valence electrons. The van der Waals surface area contributed by atoms with Gasteiger partial charge in [-0.15, -0.1) is 0 Å². The molecule has 1 saturated carbocycles. The van der Waals surface area contributed by atoms with Crippen LogP contribution in [0.15, 0.2) is 83.5 Å². The van der Waals surface area contributed by atoms with E-state index in [-0.39, 0.29) is 47.4 Å². The van der Waals surface area contributed by atoms with E-state index in [2.05, 4.69) is 62.3 Å². The van der Waals surface area contributed by atoms with Gasteiger partial charge in [0, 0.05) is 55.8 Å². The van der Waals surface area contributed by atoms with Crippen molar-refractivity contribution in [1.82, 2.24) is 25.0 Å². The van der Waals surface area contributed by atoms with Crippen LogP contribution in [0, 0.1) is 5.92 Å². The summed E-state index contributed by atoms with van der Waals surface area (Å²) in [6.07, 6.45) is 14.0. The predicted molar refractivity (Wildman–Crippen MR) is 198 cm³/mol. The molecular formula is C38H46N10O3. The van der Waals surface area contributed by atoms with Crippen LogP contribution >= 0.6 is 0 Å². The number of nitrogens with zero attached hydrogens (tertiary/aromatic N) is 6. The first-order chi connectivity index (χ1) is 24.7. The highest BCUT2D eigenvalue weighted by Gasteiger charge is 2.38. The van der Waals surface area contributed by atoms with Crippen LogP contribution in [0.25, 0.3) is 11.1 Å². The Hall–Kier alpha value is -5.43. The normalized spacial score (nSPS) is 21.1. The third kappa shape index (κ3) is 7.11. The molecule has 51 heavy (non-hydrogen) atoms. The summed E-state index contributed by atoms with van der Waals surface area (Å²) >= 11 is 0. The number of fused-ring (bicyclic) bond motifs is 3. The topological polar surface area (TPSA) is 180 Å². The lowest BCUT2D eigenvalue weighted by atomic mass is 9.91.